The van der Waals surface area contributed by atoms with E-state index in [0.717, 1.165) is 6.54 Å². The number of hydrogen-bond donors (Lipinski definition) is 2. The van der Waals surface area contributed by atoms with E-state index in [0.29, 0.717) is 6.04 Å². The van der Waals surface area contributed by atoms with Crippen molar-refractivity contribution >= 4 is 0 Å². The van der Waals surface area contributed by atoms with Gasteiger partial charge >= 0.3 is 0 Å². The van der Waals surface area contributed by atoms with Crippen molar-refractivity contribution in [2.75, 3.05) is 0 Å². The van der Waals surface area contributed by atoms with Crippen LogP contribution in [0.25, 0.3) is 0 Å². The van der Waals surface area contributed by atoms with E-state index >= 15 is 0 Å². The van der Waals surface area contributed by atoms with Crippen molar-refractivity contribution < 1.29 is 0 Å². The molecule has 2 heterocycles. The first-order valence-electron chi connectivity index (χ1n) is 5.11. The van der Waals surface area contributed by atoms with Gasteiger partial charge in [0.15, 0.2) is 0 Å². The Morgan fingerprint density at radius 2 is 2.13 bits per heavy atom. The Kier molecular flexibility index (Phi) is 3.15. The first-order chi connectivity index (χ1) is 7.36. The van der Waals surface area contributed by atoms with Crippen LogP contribution in [0, 0.1) is 0 Å². The van der Waals surface area contributed by atoms with Crippen molar-refractivity contribution in [2.24, 2.45) is 0 Å². The maximum absolute atomic E-state index is 4.01. The Morgan fingerprint density at radius 3 is 2.80 bits per heavy atom. The van der Waals surface area contributed by atoms with Gasteiger partial charge in [-0.15, -0.1) is 0 Å². The van der Waals surface area contributed by atoms with Crippen LogP contribution in [0.4, 0.5) is 0 Å². The summed E-state index contributed by atoms with van der Waals surface area (Å²) in [4.78, 5) is 7.05. The quantitative estimate of drug-likeness (QED) is 0.796. The minimum absolute atomic E-state index is 0.350. The zero-order chi connectivity index (χ0) is 10.5. The number of nitrogens with zero attached hydrogens (tertiary/aromatic N) is 1. The standard InChI is InChI=1S/C12H15N3/c1-10(12-3-6-13-7-4-12)15-9-11-2-5-14-8-11/h2-8,10,14-15H,9H2,1H3/t10-/m0/s1. The average Bonchev–Trinajstić information content (AvgIpc) is 2.80. The van der Waals surface area contributed by atoms with Gasteiger partial charge in [-0.3, -0.25) is 4.98 Å². The van der Waals surface area contributed by atoms with Crippen molar-refractivity contribution in [3.8, 4) is 0 Å². The van der Waals surface area contributed by atoms with Crippen LogP contribution >= 0.6 is 0 Å². The summed E-state index contributed by atoms with van der Waals surface area (Å²) in [7, 11) is 0. The normalized spacial score (nSPS) is 12.6. The summed E-state index contributed by atoms with van der Waals surface area (Å²) in [5.74, 6) is 0. The lowest BCUT2D eigenvalue weighted by atomic mass is 10.1. The van der Waals surface area contributed by atoms with Crippen molar-refractivity contribution in [1.82, 2.24) is 15.3 Å². The number of nitrogens with one attached hydrogen (secondary N) is 2. The van der Waals surface area contributed by atoms with Gasteiger partial charge in [0.2, 0.25) is 0 Å². The fourth-order valence-electron chi connectivity index (χ4n) is 1.51. The molecule has 0 unspecified atom stereocenters. The average molecular weight is 201 g/mol. The summed E-state index contributed by atoms with van der Waals surface area (Å²) in [5, 5.41) is 3.45. The molecule has 0 spiro atoms. The summed E-state index contributed by atoms with van der Waals surface area (Å²) in [6, 6.07) is 6.50. The van der Waals surface area contributed by atoms with Crippen molar-refractivity contribution in [3.63, 3.8) is 0 Å². The minimum Gasteiger partial charge on any atom is -0.367 e. The van der Waals surface area contributed by atoms with Gasteiger partial charge in [0.05, 0.1) is 0 Å². The Morgan fingerprint density at radius 1 is 1.33 bits per heavy atom. The Hall–Kier alpha value is -1.61. The van der Waals surface area contributed by atoms with E-state index in [1.165, 1.54) is 11.1 Å². The highest BCUT2D eigenvalue weighted by Crippen LogP contribution is 2.10. The van der Waals surface area contributed by atoms with Crippen LogP contribution < -0.4 is 5.32 Å². The number of H-pyrrole nitrogens is 1. The van der Waals surface area contributed by atoms with Crippen molar-refractivity contribution in [2.45, 2.75) is 19.5 Å². The minimum atomic E-state index is 0.350. The lowest BCUT2D eigenvalue weighted by Gasteiger charge is -2.12. The molecule has 0 aromatic carbocycles. The third-order valence-electron chi connectivity index (χ3n) is 2.48. The van der Waals surface area contributed by atoms with Gasteiger partial charge in [-0.25, -0.2) is 0 Å². The van der Waals surface area contributed by atoms with Gasteiger partial charge in [0.1, 0.15) is 0 Å². The van der Waals surface area contributed by atoms with Crippen molar-refractivity contribution in [3.05, 3.63) is 54.1 Å². The highest BCUT2D eigenvalue weighted by Gasteiger charge is 2.03. The van der Waals surface area contributed by atoms with E-state index in [4.69, 9.17) is 0 Å². The molecule has 0 aliphatic rings. The molecule has 2 N–H and O–H groups in total. The van der Waals surface area contributed by atoms with Crippen LogP contribution in [0.2, 0.25) is 0 Å². The maximum Gasteiger partial charge on any atom is 0.0296 e. The third kappa shape index (κ3) is 2.67. The molecule has 3 nitrogen and oxygen atoms in total. The van der Waals surface area contributed by atoms with E-state index in [9.17, 15) is 0 Å². The Labute approximate surface area is 89.6 Å². The van der Waals surface area contributed by atoms with Crippen LogP contribution in [-0.4, -0.2) is 9.97 Å². The van der Waals surface area contributed by atoms with Crippen LogP contribution in [0.3, 0.4) is 0 Å². The number of hydrogen-bond acceptors (Lipinski definition) is 2. The fraction of sp³-hybridized carbons (Fsp3) is 0.250. The summed E-state index contributed by atoms with van der Waals surface area (Å²) in [6.45, 7) is 3.04. The van der Waals surface area contributed by atoms with E-state index in [-0.39, 0.29) is 0 Å². The summed E-state index contributed by atoms with van der Waals surface area (Å²) < 4.78 is 0. The first kappa shape index (κ1) is 9.93. The van der Waals surface area contributed by atoms with Crippen LogP contribution in [0.15, 0.2) is 43.0 Å². The van der Waals surface area contributed by atoms with E-state index in [2.05, 4.69) is 28.3 Å². The molecule has 78 valence electrons. The van der Waals surface area contributed by atoms with Crippen LogP contribution in [-0.2, 0) is 6.54 Å². The summed E-state index contributed by atoms with van der Waals surface area (Å²) in [6.07, 6.45) is 7.59. The molecule has 2 aromatic heterocycles. The number of rotatable bonds is 4. The first-order valence-corrected chi connectivity index (χ1v) is 5.11. The van der Waals surface area contributed by atoms with Gasteiger partial charge in [0.25, 0.3) is 0 Å². The number of aromatic nitrogens is 2. The lowest BCUT2D eigenvalue weighted by molar-refractivity contribution is 0.574. The van der Waals surface area contributed by atoms with Crippen molar-refractivity contribution in [1.29, 1.82) is 0 Å². The second-order valence-corrected chi connectivity index (χ2v) is 3.60. The molecular weight excluding hydrogens is 186 g/mol. The molecule has 3 heteroatoms. The molecule has 0 radical (unpaired) electrons. The molecule has 0 amide bonds. The van der Waals surface area contributed by atoms with Gasteiger partial charge in [-0.2, -0.15) is 0 Å². The second-order valence-electron chi connectivity index (χ2n) is 3.60. The van der Waals surface area contributed by atoms with Crippen LogP contribution in [0.1, 0.15) is 24.1 Å². The van der Waals surface area contributed by atoms with Gasteiger partial charge in [-0.05, 0) is 36.2 Å². The number of pyridine rings is 1. The zero-order valence-corrected chi connectivity index (χ0v) is 8.77. The van der Waals surface area contributed by atoms with Gasteiger partial charge in [-0.1, -0.05) is 0 Å². The molecule has 1 atom stereocenters. The lowest BCUT2D eigenvalue weighted by Crippen LogP contribution is -2.17. The predicted molar refractivity (Wildman–Crippen MR) is 60.3 cm³/mol. The van der Waals surface area contributed by atoms with Gasteiger partial charge < -0.3 is 10.3 Å². The molecule has 0 aliphatic carbocycles. The fourth-order valence-corrected chi connectivity index (χ4v) is 1.51. The molecule has 0 saturated heterocycles. The molecule has 0 bridgehead atoms. The second kappa shape index (κ2) is 4.75. The molecule has 0 fully saturated rings. The molecule has 2 rings (SSSR count). The van der Waals surface area contributed by atoms with Gasteiger partial charge in [0, 0.05) is 37.4 Å². The van der Waals surface area contributed by atoms with Crippen LogP contribution in [0.5, 0.6) is 0 Å². The summed E-state index contributed by atoms with van der Waals surface area (Å²) in [5.41, 5.74) is 2.54. The number of aromatic amines is 1. The molecule has 0 saturated carbocycles. The van der Waals surface area contributed by atoms with E-state index in [1.54, 1.807) is 0 Å². The maximum atomic E-state index is 4.01. The smallest absolute Gasteiger partial charge is 0.0296 e. The monoisotopic (exact) mass is 201 g/mol. The Bertz CT molecular complexity index is 381. The van der Waals surface area contributed by atoms with E-state index < -0.39 is 0 Å². The molecule has 2 aromatic rings. The SMILES string of the molecule is C[C@H](NCc1cc[nH]c1)c1ccncc1. The van der Waals surface area contributed by atoms with E-state index in [1.807, 2.05) is 36.9 Å². The molecular formula is C12H15N3. The largest absolute Gasteiger partial charge is 0.367 e. The topological polar surface area (TPSA) is 40.7 Å². The third-order valence-corrected chi connectivity index (χ3v) is 2.48. The zero-order valence-electron chi connectivity index (χ0n) is 8.77. The summed E-state index contributed by atoms with van der Waals surface area (Å²) >= 11 is 0. The molecule has 15 heavy (non-hydrogen) atoms. The molecule has 0 aliphatic heterocycles. The highest BCUT2D eigenvalue weighted by molar-refractivity contribution is 5.15. The highest BCUT2D eigenvalue weighted by atomic mass is 14.9. The Balaban J connectivity index is 1.90. The predicted octanol–water partition coefficient (Wildman–Crippen LogP) is 2.26.